The van der Waals surface area contributed by atoms with Gasteiger partial charge in [-0.3, -0.25) is 19.3 Å². The fraction of sp³-hybridized carbons (Fsp3) is 0.474. The van der Waals surface area contributed by atoms with Crippen molar-refractivity contribution in [2.24, 2.45) is 0 Å². The molecule has 144 valence electrons. The second kappa shape index (κ2) is 7.48. The number of fused-ring (bicyclic) bond motifs is 1. The highest BCUT2D eigenvalue weighted by atomic mass is 16.5. The summed E-state index contributed by atoms with van der Waals surface area (Å²) in [5.41, 5.74) is 0.773. The first-order valence-corrected chi connectivity index (χ1v) is 9.01. The highest BCUT2D eigenvalue weighted by Gasteiger charge is 2.37. The van der Waals surface area contributed by atoms with Crippen molar-refractivity contribution in [1.82, 2.24) is 9.80 Å². The number of hydrogen-bond donors (Lipinski definition) is 1. The SMILES string of the molecule is CCCCN1C(=O)c2ccc(C(=O)N3CC(C(=O)O)O[C@H](C)C3)cc2C1=O. The Morgan fingerprint density at radius 3 is 2.56 bits per heavy atom. The summed E-state index contributed by atoms with van der Waals surface area (Å²) < 4.78 is 5.32. The van der Waals surface area contributed by atoms with Crippen LogP contribution in [0.5, 0.6) is 0 Å². The van der Waals surface area contributed by atoms with E-state index in [-0.39, 0.29) is 36.0 Å². The third-order valence-electron chi connectivity index (χ3n) is 4.78. The molecule has 27 heavy (non-hydrogen) atoms. The number of unbranched alkanes of at least 4 members (excludes halogenated alkanes) is 1. The van der Waals surface area contributed by atoms with Crippen molar-refractivity contribution in [2.45, 2.75) is 38.9 Å². The summed E-state index contributed by atoms with van der Waals surface area (Å²) in [6, 6.07) is 4.43. The highest BCUT2D eigenvalue weighted by molar-refractivity contribution is 6.22. The van der Waals surface area contributed by atoms with Crippen LogP contribution in [0.25, 0.3) is 0 Å². The molecule has 8 nitrogen and oxygen atoms in total. The van der Waals surface area contributed by atoms with Crippen LogP contribution in [0.3, 0.4) is 0 Å². The maximum Gasteiger partial charge on any atom is 0.334 e. The van der Waals surface area contributed by atoms with E-state index in [2.05, 4.69) is 0 Å². The number of carboxylic acids is 1. The van der Waals surface area contributed by atoms with Crippen LogP contribution in [0.15, 0.2) is 18.2 Å². The molecule has 1 unspecified atom stereocenters. The van der Waals surface area contributed by atoms with Crippen molar-refractivity contribution in [1.29, 1.82) is 0 Å². The summed E-state index contributed by atoms with van der Waals surface area (Å²) in [6.07, 6.45) is 0.0854. The van der Waals surface area contributed by atoms with Crippen molar-refractivity contribution in [3.05, 3.63) is 34.9 Å². The zero-order valence-electron chi connectivity index (χ0n) is 15.3. The molecule has 0 saturated carbocycles. The minimum Gasteiger partial charge on any atom is -0.479 e. The quantitative estimate of drug-likeness (QED) is 0.781. The first-order chi connectivity index (χ1) is 12.8. The normalized spacial score (nSPS) is 22.1. The summed E-state index contributed by atoms with van der Waals surface area (Å²) in [5, 5.41) is 9.17. The number of imide groups is 1. The van der Waals surface area contributed by atoms with E-state index in [0.29, 0.717) is 12.1 Å². The Hall–Kier alpha value is -2.74. The number of carboxylic acid groups (broad SMARTS) is 1. The van der Waals surface area contributed by atoms with E-state index >= 15 is 0 Å². The van der Waals surface area contributed by atoms with Gasteiger partial charge in [0.25, 0.3) is 17.7 Å². The lowest BCUT2D eigenvalue weighted by atomic mass is 10.0. The Kier molecular flexibility index (Phi) is 5.27. The number of nitrogens with zero attached hydrogens (tertiary/aromatic N) is 2. The van der Waals surface area contributed by atoms with E-state index in [9.17, 15) is 19.2 Å². The minimum atomic E-state index is -1.12. The molecular formula is C19H22N2O6. The van der Waals surface area contributed by atoms with Crippen LogP contribution in [0.2, 0.25) is 0 Å². The van der Waals surface area contributed by atoms with Crippen LogP contribution >= 0.6 is 0 Å². The van der Waals surface area contributed by atoms with E-state index in [1.807, 2.05) is 6.92 Å². The van der Waals surface area contributed by atoms with Gasteiger partial charge in [-0.05, 0) is 31.5 Å². The van der Waals surface area contributed by atoms with Gasteiger partial charge >= 0.3 is 5.97 Å². The van der Waals surface area contributed by atoms with E-state index in [0.717, 1.165) is 12.8 Å². The number of carbonyl (C=O) groups is 4. The van der Waals surface area contributed by atoms with Crippen molar-refractivity contribution >= 4 is 23.7 Å². The van der Waals surface area contributed by atoms with Crippen molar-refractivity contribution in [3.63, 3.8) is 0 Å². The van der Waals surface area contributed by atoms with Gasteiger partial charge in [-0.15, -0.1) is 0 Å². The van der Waals surface area contributed by atoms with Gasteiger partial charge in [0, 0.05) is 18.7 Å². The maximum absolute atomic E-state index is 12.8. The van der Waals surface area contributed by atoms with Gasteiger partial charge in [-0.25, -0.2) is 4.79 Å². The molecule has 1 aromatic rings. The zero-order valence-corrected chi connectivity index (χ0v) is 15.3. The lowest BCUT2D eigenvalue weighted by Gasteiger charge is -2.35. The number of ether oxygens (including phenoxy) is 1. The van der Waals surface area contributed by atoms with Gasteiger partial charge in [-0.1, -0.05) is 13.3 Å². The maximum atomic E-state index is 12.8. The topological polar surface area (TPSA) is 104 Å². The smallest absolute Gasteiger partial charge is 0.334 e. The van der Waals surface area contributed by atoms with Gasteiger partial charge < -0.3 is 14.7 Å². The Morgan fingerprint density at radius 1 is 1.19 bits per heavy atom. The van der Waals surface area contributed by atoms with Gasteiger partial charge in [-0.2, -0.15) is 0 Å². The number of aliphatic carboxylic acids is 1. The number of morpholine rings is 1. The Labute approximate surface area is 156 Å². The second-order valence-corrected chi connectivity index (χ2v) is 6.86. The van der Waals surface area contributed by atoms with Crippen LogP contribution in [0, 0.1) is 0 Å². The third kappa shape index (κ3) is 3.57. The van der Waals surface area contributed by atoms with Crippen LogP contribution in [-0.4, -0.2) is 70.4 Å². The van der Waals surface area contributed by atoms with Crippen molar-refractivity contribution < 1.29 is 29.0 Å². The summed E-state index contributed by atoms with van der Waals surface area (Å²) in [6.45, 7) is 4.22. The van der Waals surface area contributed by atoms with E-state index < -0.39 is 24.1 Å². The van der Waals surface area contributed by atoms with Crippen molar-refractivity contribution in [2.75, 3.05) is 19.6 Å². The third-order valence-corrected chi connectivity index (χ3v) is 4.78. The fourth-order valence-electron chi connectivity index (χ4n) is 3.38. The van der Waals surface area contributed by atoms with Crippen LogP contribution < -0.4 is 0 Å². The van der Waals surface area contributed by atoms with Gasteiger partial charge in [0.2, 0.25) is 0 Å². The van der Waals surface area contributed by atoms with Crippen LogP contribution in [0.4, 0.5) is 0 Å². The molecule has 1 N–H and O–H groups in total. The number of hydrogen-bond acceptors (Lipinski definition) is 5. The molecule has 0 bridgehead atoms. The first-order valence-electron chi connectivity index (χ1n) is 9.01. The molecule has 1 saturated heterocycles. The summed E-state index contributed by atoms with van der Waals surface area (Å²) in [4.78, 5) is 51.6. The Bertz CT molecular complexity index is 805. The van der Waals surface area contributed by atoms with Gasteiger partial charge in [0.15, 0.2) is 6.10 Å². The molecule has 0 aromatic heterocycles. The van der Waals surface area contributed by atoms with Crippen LogP contribution in [0.1, 0.15) is 57.8 Å². The van der Waals surface area contributed by atoms with Gasteiger partial charge in [0.05, 0.1) is 23.8 Å². The molecule has 8 heteroatoms. The summed E-state index contributed by atoms with van der Waals surface area (Å²) >= 11 is 0. The van der Waals surface area contributed by atoms with Crippen LogP contribution in [-0.2, 0) is 9.53 Å². The average molecular weight is 374 g/mol. The average Bonchev–Trinajstić information content (AvgIpc) is 2.89. The predicted molar refractivity (Wildman–Crippen MR) is 94.6 cm³/mol. The Morgan fingerprint density at radius 2 is 1.89 bits per heavy atom. The van der Waals surface area contributed by atoms with E-state index in [1.165, 1.54) is 28.0 Å². The van der Waals surface area contributed by atoms with E-state index in [1.54, 1.807) is 6.92 Å². The molecule has 3 rings (SSSR count). The molecule has 2 heterocycles. The van der Waals surface area contributed by atoms with Crippen molar-refractivity contribution in [3.8, 4) is 0 Å². The Balaban J connectivity index is 1.83. The fourth-order valence-corrected chi connectivity index (χ4v) is 3.38. The number of benzene rings is 1. The molecule has 1 fully saturated rings. The molecule has 2 atom stereocenters. The lowest BCUT2D eigenvalue weighted by Crippen LogP contribution is -2.51. The largest absolute Gasteiger partial charge is 0.479 e. The standard InChI is InChI=1S/C19H22N2O6/c1-3-4-7-21-17(23)13-6-5-12(8-14(13)18(21)24)16(22)20-9-11(2)27-15(10-20)19(25)26/h5-6,8,11,15H,3-4,7,9-10H2,1-2H3,(H,25,26)/t11-,15?/m1/s1. The molecule has 3 amide bonds. The zero-order chi connectivity index (χ0) is 19.7. The molecule has 1 aromatic carbocycles. The van der Waals surface area contributed by atoms with Gasteiger partial charge in [0.1, 0.15) is 0 Å². The second-order valence-electron chi connectivity index (χ2n) is 6.86. The lowest BCUT2D eigenvalue weighted by molar-refractivity contribution is -0.160. The minimum absolute atomic E-state index is 0.0644. The first kappa shape index (κ1) is 19.0. The molecule has 2 aliphatic heterocycles. The summed E-state index contributed by atoms with van der Waals surface area (Å²) in [5.74, 6) is -2.24. The monoisotopic (exact) mass is 374 g/mol. The summed E-state index contributed by atoms with van der Waals surface area (Å²) in [7, 11) is 0. The number of amides is 3. The molecular weight excluding hydrogens is 352 g/mol. The molecule has 0 spiro atoms. The van der Waals surface area contributed by atoms with E-state index in [4.69, 9.17) is 9.84 Å². The predicted octanol–water partition coefficient (Wildman–Crippen LogP) is 1.40. The molecule has 0 radical (unpaired) electrons. The number of carbonyl (C=O) groups excluding carboxylic acids is 3. The number of rotatable bonds is 5. The highest BCUT2D eigenvalue weighted by Crippen LogP contribution is 2.25. The molecule has 0 aliphatic carbocycles. The molecule has 2 aliphatic rings.